The minimum atomic E-state index is -0.477. The first-order chi connectivity index (χ1) is 16.1. The van der Waals surface area contributed by atoms with Gasteiger partial charge < -0.3 is 14.4 Å². The topological polar surface area (TPSA) is 83.8 Å². The zero-order chi connectivity index (χ0) is 23.8. The Hall–Kier alpha value is -1.86. The van der Waals surface area contributed by atoms with E-state index in [1.165, 1.54) is 11.3 Å². The average molecular weight is 512 g/mol. The summed E-state index contributed by atoms with van der Waals surface area (Å²) >= 11 is 13.8. The molecule has 1 unspecified atom stereocenters. The van der Waals surface area contributed by atoms with Gasteiger partial charge in [-0.05, 0) is 25.0 Å². The third-order valence-corrected chi connectivity index (χ3v) is 6.92. The van der Waals surface area contributed by atoms with Gasteiger partial charge in [0, 0.05) is 47.3 Å². The lowest BCUT2D eigenvalue weighted by Gasteiger charge is -2.27. The molecule has 2 fully saturated rings. The predicted octanol–water partition coefficient (Wildman–Crippen LogP) is 5.64. The molecule has 10 heteroatoms. The third kappa shape index (κ3) is 6.18. The van der Waals surface area contributed by atoms with Crippen LogP contribution >= 0.6 is 34.5 Å². The van der Waals surface area contributed by atoms with Gasteiger partial charge >= 0.3 is 0 Å². The largest absolute Gasteiger partial charge is 0.378 e. The normalized spacial score (nSPS) is 18.2. The SMILES string of the molecule is CC.N#Cc1c(N2CCOCC2)sc(C(=O)NOC2CCCCO2)c1-c1ccc(Cl)cc1Cl. The molecule has 1 amide bonds. The molecule has 7 nitrogen and oxygen atoms in total. The standard InChI is InChI=1S/C21H21Cl2N3O4S.C2H6/c22-13-4-5-14(16(23)11-13)18-15(12-24)21(26-6-9-28-10-7-26)31-19(18)20(27)25-30-17-3-1-2-8-29-17;1-2/h4-5,11,17H,1-3,6-10H2,(H,25,27);1-2H3. The smallest absolute Gasteiger partial charge is 0.285 e. The number of hydroxylamine groups is 1. The van der Waals surface area contributed by atoms with Crippen LogP contribution in [0.1, 0.15) is 48.3 Å². The van der Waals surface area contributed by atoms with Crippen LogP contribution in [0.25, 0.3) is 11.1 Å². The predicted molar refractivity (Wildman–Crippen MR) is 131 cm³/mol. The lowest BCUT2D eigenvalue weighted by Crippen LogP contribution is -2.36. The van der Waals surface area contributed by atoms with Crippen molar-refractivity contribution < 1.29 is 19.1 Å². The summed E-state index contributed by atoms with van der Waals surface area (Å²) in [6.07, 6.45) is 2.19. The van der Waals surface area contributed by atoms with E-state index in [0.29, 0.717) is 75.9 Å². The van der Waals surface area contributed by atoms with Crippen molar-refractivity contribution in [3.63, 3.8) is 0 Å². The molecule has 1 N–H and O–H groups in total. The van der Waals surface area contributed by atoms with Crippen LogP contribution in [0.2, 0.25) is 10.0 Å². The molecule has 178 valence electrons. The van der Waals surface area contributed by atoms with Gasteiger partial charge in [-0.25, -0.2) is 10.3 Å². The van der Waals surface area contributed by atoms with E-state index in [9.17, 15) is 10.1 Å². The number of morpholine rings is 1. The van der Waals surface area contributed by atoms with Gasteiger partial charge in [-0.3, -0.25) is 4.79 Å². The second kappa shape index (κ2) is 12.6. The van der Waals surface area contributed by atoms with Crippen LogP contribution in [0, 0.1) is 11.3 Å². The van der Waals surface area contributed by atoms with E-state index in [0.717, 1.165) is 12.8 Å². The summed E-state index contributed by atoms with van der Waals surface area (Å²) in [5.74, 6) is -0.448. The van der Waals surface area contributed by atoms with E-state index in [1.54, 1.807) is 18.2 Å². The fourth-order valence-corrected chi connectivity index (χ4v) is 5.30. The molecule has 0 aliphatic carbocycles. The summed E-state index contributed by atoms with van der Waals surface area (Å²) in [4.78, 5) is 21.0. The number of thiophene rings is 1. The molecule has 4 rings (SSSR count). The number of halogens is 2. The molecule has 0 saturated carbocycles. The first-order valence-electron chi connectivity index (χ1n) is 11.0. The number of hydrogen-bond donors (Lipinski definition) is 1. The Morgan fingerprint density at radius 3 is 2.64 bits per heavy atom. The van der Waals surface area contributed by atoms with Crippen LogP contribution in [0.4, 0.5) is 5.00 Å². The number of nitriles is 1. The number of nitrogens with zero attached hydrogens (tertiary/aromatic N) is 2. The summed E-state index contributed by atoms with van der Waals surface area (Å²) in [5.41, 5.74) is 3.94. The molecule has 2 saturated heterocycles. The van der Waals surface area contributed by atoms with Crippen molar-refractivity contribution in [1.82, 2.24) is 5.48 Å². The fraction of sp³-hybridized carbons (Fsp3) is 0.478. The van der Waals surface area contributed by atoms with Crippen LogP contribution < -0.4 is 10.4 Å². The molecule has 1 aromatic heterocycles. The molecule has 33 heavy (non-hydrogen) atoms. The van der Waals surface area contributed by atoms with Crippen molar-refractivity contribution in [3.8, 4) is 17.2 Å². The molecule has 2 aromatic rings. The molecule has 0 spiro atoms. The quantitative estimate of drug-likeness (QED) is 0.522. The highest BCUT2D eigenvalue weighted by molar-refractivity contribution is 7.19. The van der Waals surface area contributed by atoms with Gasteiger partial charge in [0.05, 0.1) is 18.8 Å². The molecule has 1 atom stereocenters. The van der Waals surface area contributed by atoms with Crippen molar-refractivity contribution >= 4 is 45.4 Å². The van der Waals surface area contributed by atoms with Crippen molar-refractivity contribution in [2.45, 2.75) is 39.4 Å². The Morgan fingerprint density at radius 2 is 2.00 bits per heavy atom. The van der Waals surface area contributed by atoms with Crippen LogP contribution in [-0.4, -0.2) is 45.1 Å². The number of nitrogens with one attached hydrogen (secondary N) is 1. The van der Waals surface area contributed by atoms with E-state index in [4.69, 9.17) is 37.5 Å². The average Bonchev–Trinajstić information content (AvgIpc) is 3.24. The Kier molecular flexibility index (Phi) is 9.80. The number of amides is 1. The molecule has 3 heterocycles. The molecular formula is C23H27Cl2N3O4S. The molecule has 2 aliphatic heterocycles. The van der Waals surface area contributed by atoms with Gasteiger partial charge in [0.15, 0.2) is 6.29 Å². The number of carbonyl (C=O) groups excluding carboxylic acids is 1. The van der Waals surface area contributed by atoms with Gasteiger partial charge in [-0.15, -0.1) is 11.3 Å². The van der Waals surface area contributed by atoms with Crippen molar-refractivity contribution in [2.75, 3.05) is 37.8 Å². The number of rotatable bonds is 5. The zero-order valence-electron chi connectivity index (χ0n) is 18.7. The fourth-order valence-electron chi connectivity index (χ4n) is 3.59. The number of carbonyl (C=O) groups is 1. The number of anilines is 1. The molecule has 1 aromatic carbocycles. The number of ether oxygens (including phenoxy) is 2. The van der Waals surface area contributed by atoms with Crippen molar-refractivity contribution in [1.29, 1.82) is 5.26 Å². The Bertz CT molecular complexity index is 996. The van der Waals surface area contributed by atoms with Crippen LogP contribution in [0.5, 0.6) is 0 Å². The van der Waals surface area contributed by atoms with Gasteiger partial charge in [-0.2, -0.15) is 5.26 Å². The van der Waals surface area contributed by atoms with Crippen LogP contribution in [0.3, 0.4) is 0 Å². The summed E-state index contributed by atoms with van der Waals surface area (Å²) in [6.45, 7) is 6.99. The highest BCUT2D eigenvalue weighted by Gasteiger charge is 2.29. The maximum atomic E-state index is 13.1. The molecule has 0 bridgehead atoms. The molecular weight excluding hydrogens is 485 g/mol. The summed E-state index contributed by atoms with van der Waals surface area (Å²) < 4.78 is 10.9. The van der Waals surface area contributed by atoms with Crippen molar-refractivity contribution in [3.05, 3.63) is 38.7 Å². The van der Waals surface area contributed by atoms with Gasteiger partial charge in [0.1, 0.15) is 15.9 Å². The summed E-state index contributed by atoms with van der Waals surface area (Å²) in [7, 11) is 0. The minimum absolute atomic E-state index is 0.345. The molecule has 0 radical (unpaired) electrons. The minimum Gasteiger partial charge on any atom is -0.378 e. The highest BCUT2D eigenvalue weighted by Crippen LogP contribution is 2.44. The van der Waals surface area contributed by atoms with E-state index in [1.807, 2.05) is 13.8 Å². The van der Waals surface area contributed by atoms with E-state index < -0.39 is 12.2 Å². The lowest BCUT2D eigenvalue weighted by atomic mass is 10.0. The maximum Gasteiger partial charge on any atom is 0.285 e. The monoisotopic (exact) mass is 511 g/mol. The lowest BCUT2D eigenvalue weighted by molar-refractivity contribution is -0.186. The Balaban J connectivity index is 0.00000149. The van der Waals surface area contributed by atoms with Gasteiger partial charge in [0.2, 0.25) is 0 Å². The van der Waals surface area contributed by atoms with E-state index in [2.05, 4.69) is 16.4 Å². The second-order valence-corrected chi connectivity index (χ2v) is 9.01. The van der Waals surface area contributed by atoms with Crippen LogP contribution in [0.15, 0.2) is 18.2 Å². The van der Waals surface area contributed by atoms with E-state index in [-0.39, 0.29) is 0 Å². The Labute approximate surface area is 208 Å². The van der Waals surface area contributed by atoms with Gasteiger partial charge in [0.25, 0.3) is 5.91 Å². The van der Waals surface area contributed by atoms with Crippen molar-refractivity contribution in [2.24, 2.45) is 0 Å². The third-order valence-electron chi connectivity index (χ3n) is 5.13. The summed E-state index contributed by atoms with van der Waals surface area (Å²) in [6, 6.07) is 7.28. The Morgan fingerprint density at radius 1 is 1.24 bits per heavy atom. The first-order valence-corrected chi connectivity index (χ1v) is 12.6. The number of hydrogen-bond acceptors (Lipinski definition) is 7. The van der Waals surface area contributed by atoms with Crippen LogP contribution in [-0.2, 0) is 14.3 Å². The zero-order valence-corrected chi connectivity index (χ0v) is 21.0. The molecule has 2 aliphatic rings. The highest BCUT2D eigenvalue weighted by atomic mass is 35.5. The van der Waals surface area contributed by atoms with Gasteiger partial charge in [-0.1, -0.05) is 43.1 Å². The number of benzene rings is 1. The summed E-state index contributed by atoms with van der Waals surface area (Å²) in [5, 5.41) is 11.6. The second-order valence-electron chi connectivity index (χ2n) is 7.17. The van der Waals surface area contributed by atoms with E-state index >= 15 is 0 Å². The maximum absolute atomic E-state index is 13.1. The first kappa shape index (κ1) is 25.8.